The summed E-state index contributed by atoms with van der Waals surface area (Å²) in [5, 5.41) is 0. The van der Waals surface area contributed by atoms with Crippen LogP contribution in [0.25, 0.3) is 0 Å². The van der Waals surface area contributed by atoms with Crippen molar-refractivity contribution in [2.45, 2.75) is 30.4 Å². The maximum atomic E-state index is 12.4. The molecule has 1 aliphatic rings. The highest BCUT2D eigenvalue weighted by molar-refractivity contribution is 7.89. The summed E-state index contributed by atoms with van der Waals surface area (Å²) in [5.74, 6) is 0.752. The Bertz CT molecular complexity index is 756. The lowest BCUT2D eigenvalue weighted by molar-refractivity contribution is 0.114. The topological polar surface area (TPSA) is 64.6 Å². The van der Waals surface area contributed by atoms with Crippen LogP contribution >= 0.6 is 0 Å². The lowest BCUT2D eigenvalue weighted by Gasteiger charge is -2.12. The number of rotatable bonds is 7. The summed E-state index contributed by atoms with van der Waals surface area (Å²) in [6.07, 6.45) is 1.86. The van der Waals surface area contributed by atoms with Gasteiger partial charge in [-0.25, -0.2) is 13.1 Å². The third-order valence-corrected chi connectivity index (χ3v) is 5.30. The summed E-state index contributed by atoms with van der Waals surface area (Å²) in [6.45, 7) is 1.34. The molecule has 2 aromatic rings. The molecule has 1 fully saturated rings. The molecule has 128 valence electrons. The Morgan fingerprint density at radius 2 is 1.96 bits per heavy atom. The van der Waals surface area contributed by atoms with Crippen LogP contribution in [0.3, 0.4) is 0 Å². The predicted octanol–water partition coefficient (Wildman–Crippen LogP) is 2.72. The third-order valence-electron chi connectivity index (χ3n) is 3.88. The summed E-state index contributed by atoms with van der Waals surface area (Å²) < 4.78 is 38.6. The lowest BCUT2D eigenvalue weighted by atomic mass is 10.2. The summed E-state index contributed by atoms with van der Waals surface area (Å²) >= 11 is 0. The highest BCUT2D eigenvalue weighted by Crippen LogP contribution is 2.16. The van der Waals surface area contributed by atoms with Gasteiger partial charge in [-0.1, -0.05) is 30.3 Å². The summed E-state index contributed by atoms with van der Waals surface area (Å²) in [5.41, 5.74) is 0.804. The Kier molecular flexibility index (Phi) is 5.50. The first-order valence-corrected chi connectivity index (χ1v) is 9.50. The van der Waals surface area contributed by atoms with Crippen molar-refractivity contribution < 1.29 is 17.9 Å². The van der Waals surface area contributed by atoms with Gasteiger partial charge in [-0.05, 0) is 42.7 Å². The first kappa shape index (κ1) is 17.0. The van der Waals surface area contributed by atoms with Crippen LogP contribution in [0.5, 0.6) is 5.75 Å². The van der Waals surface area contributed by atoms with Crippen LogP contribution in [0.15, 0.2) is 59.5 Å². The van der Waals surface area contributed by atoms with Crippen molar-refractivity contribution in [1.29, 1.82) is 0 Å². The van der Waals surface area contributed by atoms with E-state index in [1.54, 1.807) is 18.2 Å². The highest BCUT2D eigenvalue weighted by Gasteiger charge is 2.20. The zero-order valence-electron chi connectivity index (χ0n) is 13.4. The van der Waals surface area contributed by atoms with Gasteiger partial charge in [-0.15, -0.1) is 0 Å². The third kappa shape index (κ3) is 4.56. The van der Waals surface area contributed by atoms with Gasteiger partial charge in [-0.3, -0.25) is 0 Å². The Morgan fingerprint density at radius 1 is 1.12 bits per heavy atom. The van der Waals surface area contributed by atoms with Crippen LogP contribution in [0.1, 0.15) is 18.4 Å². The molecule has 2 aromatic carbocycles. The maximum absolute atomic E-state index is 12.4. The molecule has 0 radical (unpaired) electrons. The van der Waals surface area contributed by atoms with Crippen LogP contribution in [0, 0.1) is 0 Å². The van der Waals surface area contributed by atoms with E-state index in [-0.39, 0.29) is 11.0 Å². The molecule has 1 atom stereocenters. The normalized spacial score (nSPS) is 17.8. The molecule has 3 rings (SSSR count). The van der Waals surface area contributed by atoms with Gasteiger partial charge in [0.1, 0.15) is 12.4 Å². The van der Waals surface area contributed by atoms with Gasteiger partial charge < -0.3 is 9.47 Å². The Hall–Kier alpha value is -1.89. The minimum Gasteiger partial charge on any atom is -0.489 e. The Labute approximate surface area is 142 Å². The first-order valence-electron chi connectivity index (χ1n) is 8.01. The molecule has 0 spiro atoms. The van der Waals surface area contributed by atoms with Crippen molar-refractivity contribution in [3.05, 3.63) is 60.2 Å². The zero-order chi connectivity index (χ0) is 16.8. The van der Waals surface area contributed by atoms with Crippen molar-refractivity contribution >= 4 is 10.0 Å². The van der Waals surface area contributed by atoms with E-state index in [1.807, 2.05) is 36.4 Å². The van der Waals surface area contributed by atoms with E-state index in [2.05, 4.69) is 4.72 Å². The zero-order valence-corrected chi connectivity index (χ0v) is 14.2. The Balaban J connectivity index is 1.62. The molecule has 0 saturated carbocycles. The van der Waals surface area contributed by atoms with Crippen LogP contribution in [0.2, 0.25) is 0 Å². The van der Waals surface area contributed by atoms with Crippen molar-refractivity contribution in [3.63, 3.8) is 0 Å². The van der Waals surface area contributed by atoms with E-state index in [1.165, 1.54) is 0 Å². The second-order valence-corrected chi connectivity index (χ2v) is 7.50. The fraction of sp³-hybridized carbons (Fsp3) is 0.333. The number of sulfonamides is 1. The average molecular weight is 347 g/mol. The van der Waals surface area contributed by atoms with Gasteiger partial charge in [0.25, 0.3) is 0 Å². The number of hydrogen-bond acceptors (Lipinski definition) is 4. The quantitative estimate of drug-likeness (QED) is 0.836. The molecule has 0 aliphatic carbocycles. The van der Waals surface area contributed by atoms with Crippen molar-refractivity contribution in [1.82, 2.24) is 4.72 Å². The van der Waals surface area contributed by atoms with Crippen LogP contribution in [-0.2, 0) is 21.4 Å². The van der Waals surface area contributed by atoms with Crippen molar-refractivity contribution in [2.24, 2.45) is 0 Å². The van der Waals surface area contributed by atoms with Gasteiger partial charge in [-0.2, -0.15) is 0 Å². The van der Waals surface area contributed by atoms with Gasteiger partial charge in [0.15, 0.2) is 0 Å². The SMILES string of the molecule is O=S(=O)(NCC1CCCO1)c1cccc(COc2ccccc2)c1. The second kappa shape index (κ2) is 7.79. The molecular weight excluding hydrogens is 326 g/mol. The van der Waals surface area contributed by atoms with Gasteiger partial charge in [0.2, 0.25) is 10.0 Å². The van der Waals surface area contributed by atoms with Crippen LogP contribution in [-0.4, -0.2) is 27.7 Å². The number of benzene rings is 2. The number of hydrogen-bond donors (Lipinski definition) is 1. The number of nitrogens with one attached hydrogen (secondary N) is 1. The molecule has 1 saturated heterocycles. The number of para-hydroxylation sites is 1. The summed E-state index contributed by atoms with van der Waals surface area (Å²) in [4.78, 5) is 0.245. The second-order valence-electron chi connectivity index (χ2n) is 5.74. The lowest BCUT2D eigenvalue weighted by Crippen LogP contribution is -2.31. The van der Waals surface area contributed by atoms with E-state index < -0.39 is 10.0 Å². The molecule has 0 amide bonds. The van der Waals surface area contributed by atoms with E-state index in [9.17, 15) is 8.42 Å². The Morgan fingerprint density at radius 3 is 2.71 bits per heavy atom. The van der Waals surface area contributed by atoms with E-state index in [4.69, 9.17) is 9.47 Å². The average Bonchev–Trinajstić information content (AvgIpc) is 3.13. The minimum absolute atomic E-state index is 0.0237. The molecule has 5 nitrogen and oxygen atoms in total. The summed E-state index contributed by atoms with van der Waals surface area (Å²) in [7, 11) is -3.54. The standard InChI is InChI=1S/C18H21NO4S/c20-24(21,19-13-17-9-5-11-22-17)18-10-4-6-15(12-18)14-23-16-7-2-1-3-8-16/h1-4,6-8,10,12,17,19H,5,9,11,13-14H2. The molecule has 0 bridgehead atoms. The molecular formula is C18H21NO4S. The molecule has 24 heavy (non-hydrogen) atoms. The van der Waals surface area contributed by atoms with Gasteiger partial charge in [0, 0.05) is 13.2 Å². The van der Waals surface area contributed by atoms with Crippen molar-refractivity contribution in [3.8, 4) is 5.75 Å². The molecule has 0 aromatic heterocycles. The van der Waals surface area contributed by atoms with E-state index in [0.29, 0.717) is 19.8 Å². The maximum Gasteiger partial charge on any atom is 0.240 e. The van der Waals surface area contributed by atoms with Crippen LogP contribution < -0.4 is 9.46 Å². The fourth-order valence-electron chi connectivity index (χ4n) is 2.58. The largest absolute Gasteiger partial charge is 0.489 e. The molecule has 1 heterocycles. The first-order chi connectivity index (χ1) is 11.6. The fourth-order valence-corrected chi connectivity index (χ4v) is 3.71. The van der Waals surface area contributed by atoms with E-state index >= 15 is 0 Å². The highest BCUT2D eigenvalue weighted by atomic mass is 32.2. The summed E-state index contributed by atoms with van der Waals surface area (Å²) in [6, 6.07) is 16.2. The van der Waals surface area contributed by atoms with Crippen LogP contribution in [0.4, 0.5) is 0 Å². The smallest absolute Gasteiger partial charge is 0.240 e. The molecule has 1 N–H and O–H groups in total. The predicted molar refractivity (Wildman–Crippen MR) is 91.4 cm³/mol. The van der Waals surface area contributed by atoms with Gasteiger partial charge in [0.05, 0.1) is 11.0 Å². The minimum atomic E-state index is -3.54. The van der Waals surface area contributed by atoms with E-state index in [0.717, 1.165) is 24.2 Å². The molecule has 1 aliphatic heterocycles. The monoisotopic (exact) mass is 347 g/mol. The molecule has 6 heteroatoms. The van der Waals surface area contributed by atoms with Gasteiger partial charge >= 0.3 is 0 Å². The van der Waals surface area contributed by atoms with Crippen molar-refractivity contribution in [2.75, 3.05) is 13.2 Å². The number of ether oxygens (including phenoxy) is 2. The molecule has 1 unspecified atom stereocenters.